The lowest BCUT2D eigenvalue weighted by Gasteiger charge is -2.15. The van der Waals surface area contributed by atoms with E-state index in [2.05, 4.69) is 47.8 Å². The molecule has 0 aliphatic carbocycles. The third-order valence-electron chi connectivity index (χ3n) is 1.39. The Hall–Kier alpha value is 0.910. The molecular weight excluding hydrogens is 332 g/mol. The van der Waals surface area contributed by atoms with Crippen molar-refractivity contribution in [3.63, 3.8) is 0 Å². The molecule has 5 heteroatoms. The Kier molecular flexibility index (Phi) is 2.80. The number of hydrogen-bond donors (Lipinski definition) is 0. The van der Waals surface area contributed by atoms with Crippen molar-refractivity contribution in [1.82, 2.24) is 0 Å². The van der Waals surface area contributed by atoms with Crippen LogP contribution in [0.5, 0.6) is 0 Å². The maximum absolute atomic E-state index is 11.0. The average molecular weight is 337 g/mol. The van der Waals surface area contributed by atoms with Gasteiger partial charge in [0.1, 0.15) is 10.9 Å². The molecule has 0 aromatic heterocycles. The minimum Gasteiger partial charge on any atom is -0.463 e. The first-order valence-electron chi connectivity index (χ1n) is 2.67. The Morgan fingerprint density at radius 3 is 2.60 bits per heavy atom. The molecule has 0 N–H and O–H groups in total. The second-order valence-corrected chi connectivity index (χ2v) is 5.14. The summed E-state index contributed by atoms with van der Waals surface area (Å²) in [5.74, 6) is -0.203. The van der Waals surface area contributed by atoms with Crippen LogP contribution in [0.4, 0.5) is 0 Å². The van der Waals surface area contributed by atoms with Gasteiger partial charge in [0, 0.05) is 5.33 Å². The van der Waals surface area contributed by atoms with Crippen molar-refractivity contribution in [3.05, 3.63) is 0 Å². The van der Waals surface area contributed by atoms with Gasteiger partial charge in [0.05, 0.1) is 4.83 Å². The maximum Gasteiger partial charge on any atom is 0.325 e. The van der Waals surface area contributed by atoms with E-state index in [-0.39, 0.29) is 10.8 Å². The highest BCUT2D eigenvalue weighted by Crippen LogP contribution is 2.36. The van der Waals surface area contributed by atoms with Crippen molar-refractivity contribution in [2.75, 3.05) is 11.9 Å². The molecule has 0 aromatic rings. The summed E-state index contributed by atoms with van der Waals surface area (Å²) < 4.78 is 4.25. The first-order valence-corrected chi connectivity index (χ1v) is 5.50. The molecule has 2 atom stereocenters. The van der Waals surface area contributed by atoms with Crippen molar-refractivity contribution in [1.29, 1.82) is 0 Å². The topological polar surface area (TPSA) is 26.3 Å². The van der Waals surface area contributed by atoms with Gasteiger partial charge in [-0.15, -0.1) is 0 Å². The summed E-state index contributed by atoms with van der Waals surface area (Å²) in [4.78, 5) is 11.1. The lowest BCUT2D eigenvalue weighted by molar-refractivity contribution is -0.139. The van der Waals surface area contributed by atoms with Crippen molar-refractivity contribution >= 4 is 53.8 Å². The molecule has 58 valence electrons. The molecule has 1 rings (SSSR count). The fourth-order valence-electron chi connectivity index (χ4n) is 0.667. The smallest absolute Gasteiger partial charge is 0.325 e. The standard InChI is InChI=1S/C5H5Br3O2/c6-2-5(8)3(7)1-10-4(5)9/h3H,1-2H2. The third-order valence-corrected chi connectivity index (χ3v) is 5.85. The number of hydrogen-bond acceptors (Lipinski definition) is 2. The first-order chi connectivity index (χ1) is 4.61. The lowest BCUT2D eigenvalue weighted by Crippen LogP contribution is -2.36. The van der Waals surface area contributed by atoms with Crippen LogP contribution in [0.2, 0.25) is 0 Å². The van der Waals surface area contributed by atoms with Gasteiger partial charge in [0.15, 0.2) is 0 Å². The van der Waals surface area contributed by atoms with Crippen LogP contribution >= 0.6 is 47.8 Å². The molecule has 1 fully saturated rings. The lowest BCUT2D eigenvalue weighted by atomic mass is 10.1. The SMILES string of the molecule is O=C1OCC(Br)C1(Br)CBr. The van der Waals surface area contributed by atoms with Crippen LogP contribution in [0.15, 0.2) is 0 Å². The highest BCUT2D eigenvalue weighted by molar-refractivity contribution is 9.14. The molecule has 2 unspecified atom stereocenters. The predicted molar refractivity (Wildman–Crippen MR) is 49.1 cm³/mol. The fraction of sp³-hybridized carbons (Fsp3) is 0.800. The molecule has 2 nitrogen and oxygen atoms in total. The quantitative estimate of drug-likeness (QED) is 0.539. The summed E-state index contributed by atoms with van der Waals surface area (Å²) in [5.41, 5.74) is 0. The van der Waals surface area contributed by atoms with E-state index in [4.69, 9.17) is 4.74 Å². The zero-order valence-corrected chi connectivity index (χ0v) is 9.70. The van der Waals surface area contributed by atoms with Crippen LogP contribution < -0.4 is 0 Å². The zero-order valence-electron chi connectivity index (χ0n) is 4.94. The van der Waals surface area contributed by atoms with E-state index in [9.17, 15) is 4.79 Å². The minimum atomic E-state index is -0.562. The van der Waals surface area contributed by atoms with Crippen molar-refractivity contribution in [2.24, 2.45) is 0 Å². The number of carbonyl (C=O) groups is 1. The van der Waals surface area contributed by atoms with Gasteiger partial charge in [-0.25, -0.2) is 0 Å². The summed E-state index contributed by atoms with van der Waals surface area (Å²) in [5, 5.41) is 0.564. The number of cyclic esters (lactones) is 1. The molecule has 0 saturated carbocycles. The summed E-state index contributed by atoms with van der Waals surface area (Å²) in [6, 6.07) is 0. The Morgan fingerprint density at radius 1 is 1.80 bits per heavy atom. The molecule has 1 aliphatic rings. The molecule has 0 spiro atoms. The van der Waals surface area contributed by atoms with Gasteiger partial charge < -0.3 is 4.74 Å². The molecule has 10 heavy (non-hydrogen) atoms. The Morgan fingerprint density at radius 2 is 2.40 bits per heavy atom. The van der Waals surface area contributed by atoms with Gasteiger partial charge in [-0.2, -0.15) is 0 Å². The summed E-state index contributed by atoms with van der Waals surface area (Å²) in [7, 11) is 0. The number of ether oxygens (including phenoxy) is 1. The summed E-state index contributed by atoms with van der Waals surface area (Å²) in [6.07, 6.45) is 0. The zero-order chi connectivity index (χ0) is 7.78. The van der Waals surface area contributed by atoms with E-state index < -0.39 is 4.32 Å². The molecule has 1 heterocycles. The van der Waals surface area contributed by atoms with E-state index in [0.717, 1.165) is 0 Å². The fourth-order valence-corrected chi connectivity index (χ4v) is 2.45. The number of rotatable bonds is 1. The van der Waals surface area contributed by atoms with E-state index in [1.54, 1.807) is 0 Å². The summed E-state index contributed by atoms with van der Waals surface area (Å²) in [6.45, 7) is 0.440. The molecular formula is C5H5Br3O2. The second kappa shape index (κ2) is 3.11. The van der Waals surface area contributed by atoms with Crippen LogP contribution in [-0.2, 0) is 9.53 Å². The molecule has 1 aliphatic heterocycles. The first kappa shape index (κ1) is 9.00. The Bertz CT molecular complexity index is 161. The van der Waals surface area contributed by atoms with Crippen LogP contribution in [-0.4, -0.2) is 27.1 Å². The normalized spacial score (nSPS) is 39.9. The van der Waals surface area contributed by atoms with E-state index >= 15 is 0 Å². The Balaban J connectivity index is 2.80. The predicted octanol–water partition coefficient (Wildman–Crippen LogP) is 1.84. The monoisotopic (exact) mass is 334 g/mol. The van der Waals surface area contributed by atoms with Crippen LogP contribution in [0.3, 0.4) is 0 Å². The average Bonchev–Trinajstić information content (AvgIpc) is 2.18. The van der Waals surface area contributed by atoms with Crippen LogP contribution in [0.1, 0.15) is 0 Å². The van der Waals surface area contributed by atoms with Crippen LogP contribution in [0, 0.1) is 0 Å². The molecule has 0 amide bonds. The van der Waals surface area contributed by atoms with E-state index in [1.165, 1.54) is 0 Å². The minimum absolute atomic E-state index is 0.0619. The molecule has 1 saturated heterocycles. The molecule has 0 radical (unpaired) electrons. The Labute approximate surface area is 84.1 Å². The number of esters is 1. The van der Waals surface area contributed by atoms with Crippen molar-refractivity contribution < 1.29 is 9.53 Å². The number of carbonyl (C=O) groups excluding carboxylic acids is 1. The van der Waals surface area contributed by atoms with Gasteiger partial charge in [0.25, 0.3) is 0 Å². The third kappa shape index (κ3) is 1.28. The largest absolute Gasteiger partial charge is 0.463 e. The van der Waals surface area contributed by atoms with Crippen LogP contribution in [0.25, 0.3) is 0 Å². The summed E-state index contributed by atoms with van der Waals surface area (Å²) >= 11 is 9.88. The van der Waals surface area contributed by atoms with Crippen molar-refractivity contribution in [3.8, 4) is 0 Å². The van der Waals surface area contributed by atoms with E-state index in [1.807, 2.05) is 0 Å². The van der Waals surface area contributed by atoms with E-state index in [0.29, 0.717) is 11.9 Å². The highest BCUT2D eigenvalue weighted by Gasteiger charge is 2.48. The maximum atomic E-state index is 11.0. The van der Waals surface area contributed by atoms with Gasteiger partial charge in [-0.1, -0.05) is 47.8 Å². The number of alkyl halides is 3. The second-order valence-electron chi connectivity index (χ2n) is 2.06. The van der Waals surface area contributed by atoms with Gasteiger partial charge >= 0.3 is 5.97 Å². The number of halogens is 3. The highest BCUT2D eigenvalue weighted by atomic mass is 79.9. The van der Waals surface area contributed by atoms with Crippen molar-refractivity contribution in [2.45, 2.75) is 9.15 Å². The van der Waals surface area contributed by atoms with Gasteiger partial charge in [-0.05, 0) is 0 Å². The molecule has 0 bridgehead atoms. The molecule has 0 aromatic carbocycles. The van der Waals surface area contributed by atoms with Gasteiger partial charge in [-0.3, -0.25) is 4.79 Å². The van der Waals surface area contributed by atoms with Gasteiger partial charge in [0.2, 0.25) is 0 Å².